The van der Waals surface area contributed by atoms with Crippen molar-refractivity contribution in [3.8, 4) is 34.6 Å². The molecule has 5 aliphatic rings. The molecule has 73 heavy (non-hydrogen) atoms. The van der Waals surface area contributed by atoms with Crippen LogP contribution in [-0.2, 0) is 24.0 Å². The maximum atomic E-state index is 18.1. The van der Waals surface area contributed by atoms with Crippen molar-refractivity contribution in [1.29, 1.82) is 0 Å². The van der Waals surface area contributed by atoms with Crippen molar-refractivity contribution in [2.24, 2.45) is 0 Å². The third-order valence-corrected chi connectivity index (χ3v) is 14.5. The summed E-state index contributed by atoms with van der Waals surface area (Å²) in [7, 11) is 3.00. The zero-order valence-corrected chi connectivity index (χ0v) is 40.9. The summed E-state index contributed by atoms with van der Waals surface area (Å²) in [5.74, 6) is -1.55. The lowest BCUT2D eigenvalue weighted by Crippen LogP contribution is -2.68. The molecule has 0 unspecified atom stereocenters. The Hall–Kier alpha value is -6.45. The average Bonchev–Trinajstić information content (AvgIpc) is 3.94. The molecule has 0 aliphatic carbocycles. The van der Waals surface area contributed by atoms with Gasteiger partial charge in [-0.15, -0.1) is 0 Å². The number of nitrogens with zero attached hydrogens (tertiary/aromatic N) is 8. The molecule has 1 amide bonds. The fourth-order valence-electron chi connectivity index (χ4n) is 11.4. The van der Waals surface area contributed by atoms with Crippen LogP contribution in [0.4, 0.5) is 51.6 Å². The van der Waals surface area contributed by atoms with E-state index >= 15 is 30.7 Å². The fraction of sp³-hybridized carbons (Fsp3) is 0.510. The number of piperazine rings is 1. The van der Waals surface area contributed by atoms with Gasteiger partial charge in [-0.05, 0) is 101 Å². The normalized spacial score (nSPS) is 23.7. The van der Waals surface area contributed by atoms with Gasteiger partial charge in [-0.1, -0.05) is 24.3 Å². The van der Waals surface area contributed by atoms with E-state index in [0.29, 0.717) is 35.6 Å². The van der Waals surface area contributed by atoms with Crippen molar-refractivity contribution < 1.29 is 63.6 Å². The van der Waals surface area contributed by atoms with Gasteiger partial charge in [0.15, 0.2) is 5.82 Å². The highest BCUT2D eigenvalue weighted by molar-refractivity contribution is 5.98. The molecular formula is C51H54F8N8O6. The lowest BCUT2D eigenvalue weighted by molar-refractivity contribution is -0.206. The number of ether oxygens (including phenoxy) is 5. The molecule has 10 rings (SSSR count). The van der Waals surface area contributed by atoms with Gasteiger partial charge in [-0.25, -0.2) is 23.5 Å². The number of carbonyl (C=O) groups excluding carboxylic acids is 1. The van der Waals surface area contributed by atoms with Crippen LogP contribution in [0.5, 0.6) is 23.4 Å². The Labute approximate surface area is 415 Å². The summed E-state index contributed by atoms with van der Waals surface area (Å²) < 4.78 is 156. The van der Waals surface area contributed by atoms with Gasteiger partial charge in [-0.2, -0.15) is 36.3 Å². The van der Waals surface area contributed by atoms with E-state index in [1.165, 1.54) is 24.0 Å². The van der Waals surface area contributed by atoms with Crippen LogP contribution >= 0.6 is 0 Å². The molecule has 0 spiro atoms. The first-order chi connectivity index (χ1) is 34.5. The fourth-order valence-corrected chi connectivity index (χ4v) is 11.4. The minimum atomic E-state index is -5.20. The number of pyridine rings is 2. The smallest absolute Gasteiger partial charge is 0.427 e. The Morgan fingerprint density at radius 3 is 2.15 bits per heavy atom. The summed E-state index contributed by atoms with van der Waals surface area (Å²) in [6.45, 7) is 6.46. The molecule has 0 radical (unpaired) electrons. The standard InChI is InChI=1S/C51H54F8N8O6/c1-27-38(50(54,55)56)34(20-36(60-27)64(22-28-8-13-32(69-5)14-9-28)23-29-10-15-33(70-6)16-11-29)40-39(53)41-37-44(63-46(62-41)71-26-49-18-7-19-65(49)24-30(52)21-49)66-25-31-12-17-35(67(31)47(68)73-48(2,3)4)42(66)43(51(57,58)59)72-45(37)61-40/h8-11,13-16,20,30-31,35,42-43H,7,12,17-19,21-26H2,1-6H3/t30-,31-,35+,42+,43-,49+/m1/s1. The number of alkyl halides is 7. The summed E-state index contributed by atoms with van der Waals surface area (Å²) in [5, 5.41) is -0.444. The monoisotopic (exact) mass is 1030 g/mol. The number of amides is 1. The van der Waals surface area contributed by atoms with Gasteiger partial charge < -0.3 is 33.5 Å². The minimum absolute atomic E-state index is 0.0562. The SMILES string of the molecule is COc1ccc(CN(Cc2ccc(OC)cc2)c2cc(-c3nc4c5c(nc(OC[C@@]67CCCN6C[C@H](F)C7)nc5c3F)N3C[C@H]5CC[C@@H]([C@H]3[C@H](C(F)(F)F)O4)N5C(=O)OC(C)(C)C)c(C(F)(F)F)c(C)n2)cc1. The summed E-state index contributed by atoms with van der Waals surface area (Å²) >= 11 is 0. The minimum Gasteiger partial charge on any atom is -0.497 e. The molecule has 14 nitrogen and oxygen atoms in total. The summed E-state index contributed by atoms with van der Waals surface area (Å²) in [6.07, 6.45) is -13.4. The first-order valence-electron chi connectivity index (χ1n) is 24.1. The molecule has 3 aromatic heterocycles. The average molecular weight is 1030 g/mol. The largest absolute Gasteiger partial charge is 0.497 e. The maximum Gasteiger partial charge on any atom is 0.427 e. The number of halogens is 8. The van der Waals surface area contributed by atoms with Crippen molar-refractivity contribution in [2.75, 3.05) is 50.3 Å². The van der Waals surface area contributed by atoms with E-state index in [0.717, 1.165) is 19.4 Å². The van der Waals surface area contributed by atoms with E-state index in [4.69, 9.17) is 23.7 Å². The molecule has 4 fully saturated rings. The van der Waals surface area contributed by atoms with Crippen LogP contribution in [0.1, 0.15) is 75.3 Å². The van der Waals surface area contributed by atoms with Gasteiger partial charge in [0, 0.05) is 38.2 Å². The van der Waals surface area contributed by atoms with Crippen LogP contribution in [0.2, 0.25) is 0 Å². The van der Waals surface area contributed by atoms with Gasteiger partial charge in [0.25, 0.3) is 0 Å². The quantitative estimate of drug-likeness (QED) is 0.117. The maximum absolute atomic E-state index is 18.1. The zero-order valence-electron chi connectivity index (χ0n) is 40.9. The molecule has 5 aliphatic heterocycles. The Morgan fingerprint density at radius 1 is 0.890 bits per heavy atom. The van der Waals surface area contributed by atoms with Gasteiger partial charge >= 0.3 is 24.5 Å². The second-order valence-electron chi connectivity index (χ2n) is 20.4. The van der Waals surface area contributed by atoms with E-state index in [9.17, 15) is 9.18 Å². The summed E-state index contributed by atoms with van der Waals surface area (Å²) in [5.41, 5.74) is -4.98. The zero-order chi connectivity index (χ0) is 51.9. The molecule has 5 aromatic rings. The highest BCUT2D eigenvalue weighted by Crippen LogP contribution is 2.51. The van der Waals surface area contributed by atoms with Crippen LogP contribution in [0.3, 0.4) is 0 Å². The number of fused-ring (bicyclic) bond motifs is 6. The Morgan fingerprint density at radius 2 is 1.55 bits per heavy atom. The third-order valence-electron chi connectivity index (χ3n) is 14.5. The highest BCUT2D eigenvalue weighted by atomic mass is 19.4. The lowest BCUT2D eigenvalue weighted by Gasteiger charge is -2.48. The topological polar surface area (TPSA) is 128 Å². The number of hydrogen-bond acceptors (Lipinski definition) is 13. The van der Waals surface area contributed by atoms with Crippen molar-refractivity contribution in [3.05, 3.63) is 82.8 Å². The first-order valence-corrected chi connectivity index (χ1v) is 24.1. The van der Waals surface area contributed by atoms with Gasteiger partial charge in [0.1, 0.15) is 58.1 Å². The number of aryl methyl sites for hydroxylation is 1. The van der Waals surface area contributed by atoms with Crippen LogP contribution in [0, 0.1) is 12.7 Å². The molecule has 2 aromatic carbocycles. The third kappa shape index (κ3) is 9.43. The van der Waals surface area contributed by atoms with Crippen LogP contribution in [0.15, 0.2) is 54.6 Å². The van der Waals surface area contributed by atoms with Crippen molar-refractivity contribution >= 4 is 28.6 Å². The van der Waals surface area contributed by atoms with E-state index in [2.05, 4.69) is 19.9 Å². The van der Waals surface area contributed by atoms with Gasteiger partial charge in [0.2, 0.25) is 12.0 Å². The number of hydrogen-bond donors (Lipinski definition) is 0. The molecule has 0 N–H and O–H groups in total. The molecule has 6 atom stereocenters. The Balaban J connectivity index is 1.16. The molecule has 8 heterocycles. The first kappa shape index (κ1) is 50.1. The molecule has 4 saturated heterocycles. The van der Waals surface area contributed by atoms with Crippen molar-refractivity contribution in [1.82, 2.24) is 29.7 Å². The predicted octanol–water partition coefficient (Wildman–Crippen LogP) is 10.0. The number of methoxy groups -OCH3 is 2. The molecule has 2 bridgehead atoms. The summed E-state index contributed by atoms with van der Waals surface area (Å²) in [4.78, 5) is 37.8. The number of anilines is 2. The van der Waals surface area contributed by atoms with Crippen molar-refractivity contribution in [2.45, 2.75) is 127 Å². The Bertz CT molecular complexity index is 2860. The van der Waals surface area contributed by atoms with Crippen LogP contribution in [0.25, 0.3) is 22.2 Å². The Kier molecular flexibility index (Phi) is 12.7. The predicted molar refractivity (Wildman–Crippen MR) is 251 cm³/mol. The molecule has 22 heteroatoms. The highest BCUT2D eigenvalue weighted by Gasteiger charge is 2.61. The van der Waals surface area contributed by atoms with Crippen LogP contribution < -0.4 is 28.7 Å². The molecular weight excluding hydrogens is 973 g/mol. The number of aromatic nitrogens is 4. The lowest BCUT2D eigenvalue weighted by atomic mass is 9.95. The van der Waals surface area contributed by atoms with Crippen molar-refractivity contribution in [3.63, 3.8) is 0 Å². The number of carbonyl (C=O) groups is 1. The number of benzene rings is 2. The van der Waals surface area contributed by atoms with E-state index in [-0.39, 0.29) is 63.7 Å². The van der Waals surface area contributed by atoms with Gasteiger partial charge in [-0.3, -0.25) is 9.80 Å². The second-order valence-corrected chi connectivity index (χ2v) is 20.4. The molecule has 390 valence electrons. The van der Waals surface area contributed by atoms with E-state index < -0.39 is 111 Å². The van der Waals surface area contributed by atoms with Gasteiger partial charge in [0.05, 0.1) is 49.1 Å². The number of rotatable bonds is 11. The van der Waals surface area contributed by atoms with E-state index in [1.54, 1.807) is 74.2 Å². The molecule has 0 saturated carbocycles. The van der Waals surface area contributed by atoms with E-state index in [1.807, 2.05) is 4.90 Å². The van der Waals surface area contributed by atoms with Crippen LogP contribution in [-0.4, -0.2) is 124 Å². The second kappa shape index (κ2) is 18.5. The summed E-state index contributed by atoms with van der Waals surface area (Å²) in [6, 6.07) is 10.8.